The van der Waals surface area contributed by atoms with Crippen molar-refractivity contribution in [2.45, 2.75) is 105 Å². The van der Waals surface area contributed by atoms with E-state index in [4.69, 9.17) is 11.0 Å². The van der Waals surface area contributed by atoms with Crippen LogP contribution in [0.3, 0.4) is 0 Å². The predicted octanol–water partition coefficient (Wildman–Crippen LogP) is 22.2. The molecule has 454 valence electrons. The second-order valence-corrected chi connectivity index (χ2v) is 29.1. The zero-order valence-corrected chi connectivity index (χ0v) is 54.5. The van der Waals surface area contributed by atoms with Gasteiger partial charge in [0, 0.05) is 67.0 Å². The second kappa shape index (κ2) is 21.2. The number of hydrogen-bond donors (Lipinski definition) is 0. The van der Waals surface area contributed by atoms with Crippen LogP contribution in [0.25, 0.3) is 88.4 Å². The van der Waals surface area contributed by atoms with Crippen molar-refractivity contribution in [1.29, 1.82) is 0 Å². The van der Waals surface area contributed by atoms with Gasteiger partial charge in [-0.15, -0.1) is 0 Å². The molecule has 12 aromatic carbocycles. The van der Waals surface area contributed by atoms with Crippen molar-refractivity contribution in [3.05, 3.63) is 283 Å². The van der Waals surface area contributed by atoms with Gasteiger partial charge in [0.15, 0.2) is 0 Å². The summed E-state index contributed by atoms with van der Waals surface area (Å²) in [5.41, 5.74) is 17.0. The van der Waals surface area contributed by atoms with E-state index in [2.05, 4.69) is 202 Å². The first-order valence-corrected chi connectivity index (χ1v) is 31.9. The monoisotopic (exact) mass is 1220 g/mol. The van der Waals surface area contributed by atoms with Gasteiger partial charge in [-0.05, 0) is 179 Å². The Morgan fingerprint density at radius 1 is 0.280 bits per heavy atom. The van der Waals surface area contributed by atoms with Crippen molar-refractivity contribution in [2.24, 2.45) is 0 Å². The molecule has 0 saturated carbocycles. The molecule has 93 heavy (non-hydrogen) atoms. The van der Waals surface area contributed by atoms with Gasteiger partial charge in [0.2, 0.25) is 0 Å². The lowest BCUT2D eigenvalue weighted by atomic mass is 9.33. The smallest absolute Gasteiger partial charge is 0.252 e. The summed E-state index contributed by atoms with van der Waals surface area (Å²) >= 11 is 0. The number of hydrogen-bond acceptors (Lipinski definition) is 2. The highest BCUT2D eigenvalue weighted by atomic mass is 15.2. The predicted molar refractivity (Wildman–Crippen MR) is 400 cm³/mol. The zero-order chi connectivity index (χ0) is 78.0. The standard InChI is InChI=1S/C88H79BN4/c1-85(2,3)62-46-59(47-63(52-62)86(4,5)6)57-34-38-66(39-35-57)90-80-54-68(92-76-30-20-16-26-70(76)71-27-17-21-31-77(71)92)42-44-74(80)89-75-45-43-69(93-78-32-22-18-28-72(78)73-29-19-23-33-79(73)93)55-81(75)91(83-51-61(50-82(90)84(83)89)56-24-14-13-15-25-56)67-40-36-58(37-41-67)60-48-64(87(7,8)9)53-65(49-60)88(10,11)12/h13-55H,1-12H3/i16D,17D,18D,19D,20D,21D,22D,23D,26D,27D,28D,29D,30D,31D,32D,33D. The quantitative estimate of drug-likeness (QED) is 0.148. The van der Waals surface area contributed by atoms with Crippen molar-refractivity contribution < 1.29 is 21.9 Å². The molecule has 0 N–H and O–H groups in total. The van der Waals surface area contributed by atoms with Crippen LogP contribution in [0.1, 0.15) is 127 Å². The van der Waals surface area contributed by atoms with Gasteiger partial charge < -0.3 is 18.9 Å². The number of nitrogens with zero attached hydrogens (tertiary/aromatic N) is 4. The SMILES string of the molecule is [2H]c1c([2H])c([2H])c2c(c1[2H])c1c([2H])c([2H])c([2H])c([2H])c1n2-c1ccc2c(c1)N(c1ccc(-c3cc(C(C)(C)C)cc(C(C)(C)C)c3)cc1)c1cc(-c3ccccc3)cc3c1B2c1ccc(-n2c4c([2H])c([2H])c([2H])c([2H])c4c4c([2H])c([2H])c([2H])c([2H])c42)cc1N3c1ccc(-c2cc(C(C)(C)C)cc(C(C)(C)C)c2)cc1. The Balaban J connectivity index is 1.04. The Kier molecular flexibility index (Phi) is 9.79. The van der Waals surface area contributed by atoms with E-state index in [0.717, 1.165) is 72.5 Å². The molecule has 0 saturated heterocycles. The van der Waals surface area contributed by atoms with Gasteiger partial charge in [0.25, 0.3) is 6.71 Å². The molecule has 16 rings (SSSR count). The molecule has 0 atom stereocenters. The van der Waals surface area contributed by atoms with Crippen molar-refractivity contribution in [1.82, 2.24) is 9.13 Å². The van der Waals surface area contributed by atoms with Gasteiger partial charge in [0.05, 0.1) is 44.0 Å². The van der Waals surface area contributed by atoms with Gasteiger partial charge >= 0.3 is 0 Å². The minimum atomic E-state index is -0.665. The Bertz CT molecular complexity index is 5720. The lowest BCUT2D eigenvalue weighted by Crippen LogP contribution is -2.61. The fraction of sp³-hybridized carbons (Fsp3) is 0.182. The first-order valence-electron chi connectivity index (χ1n) is 39.9. The van der Waals surface area contributed by atoms with Crippen molar-refractivity contribution in [3.63, 3.8) is 0 Å². The number of benzene rings is 12. The van der Waals surface area contributed by atoms with Gasteiger partial charge in [-0.2, -0.15) is 0 Å². The van der Waals surface area contributed by atoms with Crippen LogP contribution in [0.4, 0.5) is 34.1 Å². The van der Waals surface area contributed by atoms with E-state index in [-0.39, 0.29) is 65.3 Å². The normalized spacial score (nSPS) is 15.7. The summed E-state index contributed by atoms with van der Waals surface area (Å²) in [6.45, 7) is 26.0. The third kappa shape index (κ3) is 9.72. The number of para-hydroxylation sites is 4. The molecule has 14 aromatic rings. The van der Waals surface area contributed by atoms with E-state index in [1.165, 1.54) is 22.3 Å². The summed E-state index contributed by atoms with van der Waals surface area (Å²) in [4.78, 5) is 4.42. The molecule has 0 amide bonds. The molecule has 2 aromatic heterocycles. The maximum absolute atomic E-state index is 9.65. The summed E-state index contributed by atoms with van der Waals surface area (Å²) in [6, 6.07) is 48.6. The summed E-state index contributed by atoms with van der Waals surface area (Å²) in [5, 5.41) is -0.228. The summed E-state index contributed by atoms with van der Waals surface area (Å²) in [5.74, 6) is 0. The highest BCUT2D eigenvalue weighted by Crippen LogP contribution is 2.49. The minimum Gasteiger partial charge on any atom is -0.311 e. The first kappa shape index (κ1) is 42.9. The van der Waals surface area contributed by atoms with Crippen LogP contribution in [-0.2, 0) is 21.7 Å². The maximum atomic E-state index is 9.65. The summed E-state index contributed by atoms with van der Waals surface area (Å²) in [6.07, 6.45) is 0. The third-order valence-electron chi connectivity index (χ3n) is 19.0. The van der Waals surface area contributed by atoms with E-state index in [0.29, 0.717) is 22.7 Å². The molecule has 2 aliphatic heterocycles. The summed E-state index contributed by atoms with van der Waals surface area (Å²) in [7, 11) is 0. The Morgan fingerprint density at radius 2 is 0.581 bits per heavy atom. The first-order chi connectivity index (χ1) is 51.3. The molecule has 0 fully saturated rings. The molecular weight excluding hydrogens is 1120 g/mol. The lowest BCUT2D eigenvalue weighted by molar-refractivity contribution is 0.568. The zero-order valence-electron chi connectivity index (χ0n) is 70.5. The Morgan fingerprint density at radius 3 is 0.914 bits per heavy atom. The molecule has 4 heterocycles. The molecule has 0 spiro atoms. The van der Waals surface area contributed by atoms with Crippen LogP contribution >= 0.6 is 0 Å². The van der Waals surface area contributed by atoms with E-state index in [1.807, 2.05) is 54.6 Å². The van der Waals surface area contributed by atoms with Crippen LogP contribution in [-0.4, -0.2) is 15.8 Å². The topological polar surface area (TPSA) is 16.3 Å². The molecule has 2 aliphatic rings. The van der Waals surface area contributed by atoms with E-state index in [9.17, 15) is 11.0 Å². The van der Waals surface area contributed by atoms with Gasteiger partial charge in [0.1, 0.15) is 0 Å². The Hall–Kier alpha value is -10.1. The average molecular weight is 1220 g/mol. The highest BCUT2D eigenvalue weighted by Gasteiger charge is 2.44. The van der Waals surface area contributed by atoms with Gasteiger partial charge in [-0.25, -0.2) is 0 Å². The van der Waals surface area contributed by atoms with Gasteiger partial charge in [-0.1, -0.05) is 259 Å². The number of anilines is 6. The lowest BCUT2D eigenvalue weighted by Gasteiger charge is -2.44. The van der Waals surface area contributed by atoms with E-state index >= 15 is 0 Å². The molecular formula is C88H79BN4. The van der Waals surface area contributed by atoms with Crippen LogP contribution < -0.4 is 26.2 Å². The van der Waals surface area contributed by atoms with Crippen molar-refractivity contribution in [2.75, 3.05) is 9.80 Å². The van der Waals surface area contributed by atoms with Crippen LogP contribution in [0, 0.1) is 0 Å². The average Bonchev–Trinajstić information content (AvgIpc) is 1.68. The van der Waals surface area contributed by atoms with Crippen LogP contribution in [0.2, 0.25) is 0 Å². The molecule has 0 bridgehead atoms. The van der Waals surface area contributed by atoms with Crippen LogP contribution in [0.15, 0.2) is 260 Å². The number of rotatable bonds is 7. The fourth-order valence-electron chi connectivity index (χ4n) is 13.9. The van der Waals surface area contributed by atoms with Crippen LogP contribution in [0.5, 0.6) is 0 Å². The molecule has 5 heteroatoms. The molecule has 0 radical (unpaired) electrons. The number of aromatic nitrogens is 2. The van der Waals surface area contributed by atoms with E-state index in [1.54, 1.807) is 9.13 Å². The summed E-state index contributed by atoms with van der Waals surface area (Å²) < 4.78 is 152. The third-order valence-corrected chi connectivity index (χ3v) is 19.0. The van der Waals surface area contributed by atoms with Gasteiger partial charge in [-0.3, -0.25) is 0 Å². The molecule has 4 nitrogen and oxygen atoms in total. The molecule has 0 aliphatic carbocycles. The molecule has 0 unspecified atom stereocenters. The largest absolute Gasteiger partial charge is 0.311 e. The van der Waals surface area contributed by atoms with Crippen molar-refractivity contribution >= 4 is 101 Å². The minimum absolute atomic E-state index is 0.0330. The van der Waals surface area contributed by atoms with E-state index < -0.39 is 103 Å². The second-order valence-electron chi connectivity index (χ2n) is 29.1. The number of fused-ring (bicyclic) bond motifs is 10. The fourth-order valence-corrected chi connectivity index (χ4v) is 13.9. The van der Waals surface area contributed by atoms with Crippen molar-refractivity contribution in [3.8, 4) is 44.8 Å². The Labute approximate surface area is 571 Å². The highest BCUT2D eigenvalue weighted by molar-refractivity contribution is 7.00. The maximum Gasteiger partial charge on any atom is 0.252 e.